The number of rotatable bonds is 4. The van der Waals surface area contributed by atoms with Gasteiger partial charge < -0.3 is 9.84 Å². The largest absolute Gasteiger partial charge is 0.493 e. The first-order valence-electron chi connectivity index (χ1n) is 6.04. The Hall–Kier alpha value is -1.51. The molecule has 17 heavy (non-hydrogen) atoms. The molecule has 0 bridgehead atoms. The molecule has 0 amide bonds. The molecule has 1 aliphatic carbocycles. The summed E-state index contributed by atoms with van der Waals surface area (Å²) in [6, 6.07) is 5.88. The van der Waals surface area contributed by atoms with Crippen molar-refractivity contribution in [3.63, 3.8) is 0 Å². The summed E-state index contributed by atoms with van der Waals surface area (Å²) in [5, 5.41) is 9.05. The third-order valence-corrected chi connectivity index (χ3v) is 3.07. The van der Waals surface area contributed by atoms with Gasteiger partial charge in [-0.05, 0) is 36.0 Å². The minimum atomic E-state index is -0.712. The van der Waals surface area contributed by atoms with Gasteiger partial charge in [-0.1, -0.05) is 26.0 Å². The van der Waals surface area contributed by atoms with Gasteiger partial charge in [0.1, 0.15) is 5.75 Å². The van der Waals surface area contributed by atoms with Gasteiger partial charge in [-0.15, -0.1) is 0 Å². The molecule has 1 atom stereocenters. The Balaban J connectivity index is 2.16. The molecule has 0 fully saturated rings. The minimum Gasteiger partial charge on any atom is -0.493 e. The van der Waals surface area contributed by atoms with E-state index in [0.717, 1.165) is 16.9 Å². The van der Waals surface area contributed by atoms with Crippen molar-refractivity contribution in [1.29, 1.82) is 0 Å². The average Bonchev–Trinajstić information content (AvgIpc) is 2.70. The smallest absolute Gasteiger partial charge is 0.307 e. The lowest BCUT2D eigenvalue weighted by Crippen LogP contribution is -2.13. The van der Waals surface area contributed by atoms with Crippen LogP contribution in [0.15, 0.2) is 18.2 Å². The summed E-state index contributed by atoms with van der Waals surface area (Å²) in [7, 11) is 0. The molecule has 3 nitrogen and oxygen atoms in total. The van der Waals surface area contributed by atoms with Crippen LogP contribution in [0.25, 0.3) is 0 Å². The van der Waals surface area contributed by atoms with Gasteiger partial charge in [0, 0.05) is 0 Å². The second kappa shape index (κ2) is 4.78. The predicted octanol–water partition coefficient (Wildman–Crippen LogP) is 2.52. The summed E-state index contributed by atoms with van der Waals surface area (Å²) in [5.41, 5.74) is 2.21. The monoisotopic (exact) mass is 234 g/mol. The van der Waals surface area contributed by atoms with Gasteiger partial charge in [0.2, 0.25) is 0 Å². The summed E-state index contributed by atoms with van der Waals surface area (Å²) >= 11 is 0. The van der Waals surface area contributed by atoms with Crippen LogP contribution in [0, 0.1) is 11.8 Å². The zero-order valence-corrected chi connectivity index (χ0v) is 10.3. The van der Waals surface area contributed by atoms with Crippen molar-refractivity contribution in [3.8, 4) is 5.75 Å². The Morgan fingerprint density at radius 1 is 1.47 bits per heavy atom. The standard InChI is InChI=1S/C14H18O3/c1-9(2)8-17-13-5-3-4-10-6-11(14(15)16)7-12(10)13/h3-5,9,11H,6-8H2,1-2H3,(H,15,16). The third kappa shape index (κ3) is 2.60. The number of benzene rings is 1. The van der Waals surface area contributed by atoms with Gasteiger partial charge in [-0.3, -0.25) is 4.79 Å². The molecule has 1 unspecified atom stereocenters. The number of aliphatic carboxylic acids is 1. The molecule has 2 rings (SSSR count). The molecule has 1 aromatic carbocycles. The fourth-order valence-electron chi connectivity index (χ4n) is 2.18. The van der Waals surface area contributed by atoms with Crippen LogP contribution in [0.1, 0.15) is 25.0 Å². The van der Waals surface area contributed by atoms with E-state index < -0.39 is 5.97 Å². The Bertz CT molecular complexity index is 423. The molecule has 0 saturated heterocycles. The highest BCUT2D eigenvalue weighted by atomic mass is 16.5. The summed E-state index contributed by atoms with van der Waals surface area (Å²) in [4.78, 5) is 11.0. The molecule has 0 radical (unpaired) electrons. The number of carbonyl (C=O) groups is 1. The second-order valence-corrected chi connectivity index (χ2v) is 5.04. The Morgan fingerprint density at radius 3 is 2.88 bits per heavy atom. The van der Waals surface area contributed by atoms with E-state index in [1.165, 1.54) is 0 Å². The third-order valence-electron chi connectivity index (χ3n) is 3.07. The normalized spacial score (nSPS) is 18.2. The van der Waals surface area contributed by atoms with Gasteiger partial charge in [0.05, 0.1) is 12.5 Å². The highest BCUT2D eigenvalue weighted by Crippen LogP contribution is 2.34. The second-order valence-electron chi connectivity index (χ2n) is 5.04. The minimum absolute atomic E-state index is 0.284. The Morgan fingerprint density at radius 2 is 2.24 bits per heavy atom. The lowest BCUT2D eigenvalue weighted by Gasteiger charge is -2.12. The topological polar surface area (TPSA) is 46.5 Å². The molecular weight excluding hydrogens is 216 g/mol. The van der Waals surface area contributed by atoms with Gasteiger partial charge in [0.25, 0.3) is 0 Å². The molecule has 92 valence electrons. The van der Waals surface area contributed by atoms with Gasteiger partial charge >= 0.3 is 5.97 Å². The molecule has 1 aromatic rings. The first-order chi connectivity index (χ1) is 8.08. The number of hydrogen-bond acceptors (Lipinski definition) is 2. The SMILES string of the molecule is CC(C)COc1cccc2c1CC(C(=O)O)C2. The predicted molar refractivity (Wildman–Crippen MR) is 65.3 cm³/mol. The van der Waals surface area contributed by atoms with Gasteiger partial charge in [0.15, 0.2) is 0 Å². The Labute approximate surface area is 101 Å². The molecule has 0 aromatic heterocycles. The summed E-state index contributed by atoms with van der Waals surface area (Å²) in [5.74, 6) is 0.340. The van der Waals surface area contributed by atoms with E-state index in [2.05, 4.69) is 13.8 Å². The molecule has 3 heteroatoms. The maximum Gasteiger partial charge on any atom is 0.307 e. The maximum absolute atomic E-state index is 11.0. The lowest BCUT2D eigenvalue weighted by molar-refractivity contribution is -0.141. The van der Waals surface area contributed by atoms with E-state index in [1.54, 1.807) is 0 Å². The quantitative estimate of drug-likeness (QED) is 0.870. The number of fused-ring (bicyclic) bond motifs is 1. The van der Waals surface area contributed by atoms with E-state index in [9.17, 15) is 4.79 Å². The van der Waals surface area contributed by atoms with Crippen LogP contribution in [-0.4, -0.2) is 17.7 Å². The van der Waals surface area contributed by atoms with Crippen molar-refractivity contribution in [2.45, 2.75) is 26.7 Å². The first kappa shape index (κ1) is 12.0. The van der Waals surface area contributed by atoms with Crippen LogP contribution in [0.3, 0.4) is 0 Å². The number of ether oxygens (including phenoxy) is 1. The van der Waals surface area contributed by atoms with E-state index >= 15 is 0 Å². The van der Waals surface area contributed by atoms with Crippen molar-refractivity contribution in [2.75, 3.05) is 6.61 Å². The molecule has 0 spiro atoms. The summed E-state index contributed by atoms with van der Waals surface area (Å²) in [6.45, 7) is 4.88. The first-order valence-corrected chi connectivity index (χ1v) is 6.04. The van der Waals surface area contributed by atoms with E-state index in [0.29, 0.717) is 25.4 Å². The summed E-state index contributed by atoms with van der Waals surface area (Å²) in [6.07, 6.45) is 1.22. The number of carboxylic acids is 1. The number of carboxylic acid groups (broad SMARTS) is 1. The fourth-order valence-corrected chi connectivity index (χ4v) is 2.18. The van der Waals surface area contributed by atoms with Crippen LogP contribution in [0.2, 0.25) is 0 Å². The van der Waals surface area contributed by atoms with Crippen molar-refractivity contribution in [3.05, 3.63) is 29.3 Å². The number of hydrogen-bond donors (Lipinski definition) is 1. The average molecular weight is 234 g/mol. The highest BCUT2D eigenvalue weighted by molar-refractivity contribution is 5.72. The van der Waals surface area contributed by atoms with Crippen LogP contribution >= 0.6 is 0 Å². The van der Waals surface area contributed by atoms with Crippen LogP contribution in [0.5, 0.6) is 5.75 Å². The lowest BCUT2D eigenvalue weighted by atomic mass is 10.1. The van der Waals surface area contributed by atoms with Gasteiger partial charge in [-0.25, -0.2) is 0 Å². The van der Waals surface area contributed by atoms with Gasteiger partial charge in [-0.2, -0.15) is 0 Å². The van der Waals surface area contributed by atoms with E-state index in [4.69, 9.17) is 9.84 Å². The Kier molecular flexibility index (Phi) is 3.36. The molecule has 0 saturated carbocycles. The zero-order valence-electron chi connectivity index (χ0n) is 10.3. The van der Waals surface area contributed by atoms with Crippen LogP contribution in [0.4, 0.5) is 0 Å². The maximum atomic E-state index is 11.0. The van der Waals surface area contributed by atoms with Crippen molar-refractivity contribution in [1.82, 2.24) is 0 Å². The van der Waals surface area contributed by atoms with Crippen molar-refractivity contribution in [2.24, 2.45) is 11.8 Å². The molecule has 1 aliphatic rings. The highest BCUT2D eigenvalue weighted by Gasteiger charge is 2.29. The molecule has 1 N–H and O–H groups in total. The van der Waals surface area contributed by atoms with Crippen LogP contribution < -0.4 is 4.74 Å². The van der Waals surface area contributed by atoms with E-state index in [1.807, 2.05) is 18.2 Å². The van der Waals surface area contributed by atoms with Crippen molar-refractivity contribution >= 4 is 5.97 Å². The molecular formula is C14H18O3. The van der Waals surface area contributed by atoms with Crippen LogP contribution in [-0.2, 0) is 17.6 Å². The molecule has 0 aliphatic heterocycles. The summed E-state index contributed by atoms with van der Waals surface area (Å²) < 4.78 is 5.75. The molecule has 0 heterocycles. The zero-order chi connectivity index (χ0) is 12.4. The van der Waals surface area contributed by atoms with E-state index in [-0.39, 0.29) is 5.92 Å². The fraction of sp³-hybridized carbons (Fsp3) is 0.500. The van der Waals surface area contributed by atoms with Crippen molar-refractivity contribution < 1.29 is 14.6 Å².